The van der Waals surface area contributed by atoms with Crippen molar-refractivity contribution in [1.29, 1.82) is 0 Å². The van der Waals surface area contributed by atoms with Crippen LogP contribution in [0.1, 0.15) is 37.3 Å². The van der Waals surface area contributed by atoms with Gasteiger partial charge >= 0.3 is 0 Å². The fourth-order valence-electron chi connectivity index (χ4n) is 3.02. The van der Waals surface area contributed by atoms with Gasteiger partial charge in [0, 0.05) is 24.8 Å². The van der Waals surface area contributed by atoms with Gasteiger partial charge in [-0.1, -0.05) is 25.1 Å². The van der Waals surface area contributed by atoms with Gasteiger partial charge in [0.05, 0.1) is 24.9 Å². The molecule has 0 radical (unpaired) electrons. The van der Waals surface area contributed by atoms with Crippen molar-refractivity contribution < 1.29 is 14.6 Å². The molecule has 3 nitrogen and oxygen atoms in total. The van der Waals surface area contributed by atoms with Crippen molar-refractivity contribution >= 4 is 0 Å². The van der Waals surface area contributed by atoms with Gasteiger partial charge in [-0.25, -0.2) is 0 Å². The molecule has 2 atom stereocenters. The van der Waals surface area contributed by atoms with E-state index in [2.05, 4.69) is 13.0 Å². The Morgan fingerprint density at radius 2 is 2.28 bits per heavy atom. The van der Waals surface area contributed by atoms with E-state index in [4.69, 9.17) is 9.47 Å². The quantitative estimate of drug-likeness (QED) is 0.873. The first-order valence-corrected chi connectivity index (χ1v) is 6.82. The molecule has 0 aromatic heterocycles. The minimum atomic E-state index is -0.783. The van der Waals surface area contributed by atoms with Gasteiger partial charge in [-0.05, 0) is 12.0 Å². The zero-order valence-electron chi connectivity index (χ0n) is 10.8. The molecule has 0 saturated carbocycles. The Bertz CT molecular complexity index is 443. The molecule has 3 rings (SSSR count). The molecular weight excluding hydrogens is 228 g/mol. The van der Waals surface area contributed by atoms with E-state index in [1.807, 2.05) is 12.1 Å². The first-order valence-electron chi connectivity index (χ1n) is 6.82. The van der Waals surface area contributed by atoms with Crippen LogP contribution in [0.25, 0.3) is 0 Å². The highest BCUT2D eigenvalue weighted by atomic mass is 16.5. The number of benzene rings is 1. The molecular formula is C15H20O3. The Morgan fingerprint density at radius 3 is 3.11 bits per heavy atom. The molecule has 2 heterocycles. The van der Waals surface area contributed by atoms with E-state index in [1.165, 1.54) is 5.56 Å². The standard InChI is InChI=1S/C15H20O3/c1-2-12-10-15(16,7-9-17-12)13-5-3-4-11-6-8-18-14(11)13/h3-5,12,16H,2,6-10H2,1H3. The van der Waals surface area contributed by atoms with E-state index in [9.17, 15) is 5.11 Å². The SMILES string of the molecule is CCC1CC(O)(c2cccc3c2OCC3)CCO1. The molecule has 1 aromatic rings. The number of rotatable bonds is 2. The van der Waals surface area contributed by atoms with Gasteiger partial charge in [-0.3, -0.25) is 0 Å². The normalized spacial score (nSPS) is 30.9. The fourth-order valence-corrected chi connectivity index (χ4v) is 3.02. The predicted molar refractivity (Wildman–Crippen MR) is 68.8 cm³/mol. The third-order valence-electron chi connectivity index (χ3n) is 4.11. The Balaban J connectivity index is 1.96. The van der Waals surface area contributed by atoms with Crippen molar-refractivity contribution in [3.63, 3.8) is 0 Å². The van der Waals surface area contributed by atoms with Gasteiger partial charge in [-0.2, -0.15) is 0 Å². The molecule has 98 valence electrons. The number of fused-ring (bicyclic) bond motifs is 1. The summed E-state index contributed by atoms with van der Waals surface area (Å²) in [6, 6.07) is 6.12. The molecule has 1 fully saturated rings. The summed E-state index contributed by atoms with van der Waals surface area (Å²) in [6.07, 6.45) is 3.37. The van der Waals surface area contributed by atoms with Crippen molar-refractivity contribution in [2.45, 2.75) is 44.3 Å². The van der Waals surface area contributed by atoms with Gasteiger partial charge in [0.15, 0.2) is 0 Å². The van der Waals surface area contributed by atoms with Crippen LogP contribution in [0.5, 0.6) is 5.75 Å². The van der Waals surface area contributed by atoms with E-state index in [-0.39, 0.29) is 6.10 Å². The maximum atomic E-state index is 10.9. The van der Waals surface area contributed by atoms with Crippen LogP contribution in [0.15, 0.2) is 18.2 Å². The van der Waals surface area contributed by atoms with E-state index >= 15 is 0 Å². The van der Waals surface area contributed by atoms with Crippen LogP contribution in [0, 0.1) is 0 Å². The fraction of sp³-hybridized carbons (Fsp3) is 0.600. The highest BCUT2D eigenvalue weighted by Crippen LogP contribution is 2.42. The average Bonchev–Trinajstić information content (AvgIpc) is 2.86. The third kappa shape index (κ3) is 1.91. The highest BCUT2D eigenvalue weighted by Gasteiger charge is 2.39. The molecule has 1 aromatic carbocycles. The van der Waals surface area contributed by atoms with Gasteiger partial charge in [0.1, 0.15) is 5.75 Å². The average molecular weight is 248 g/mol. The largest absolute Gasteiger partial charge is 0.493 e. The van der Waals surface area contributed by atoms with E-state index < -0.39 is 5.60 Å². The summed E-state index contributed by atoms with van der Waals surface area (Å²) in [5.41, 5.74) is 1.40. The lowest BCUT2D eigenvalue weighted by Crippen LogP contribution is -2.38. The second kappa shape index (κ2) is 4.56. The molecule has 0 aliphatic carbocycles. The molecule has 0 amide bonds. The molecule has 2 unspecified atom stereocenters. The van der Waals surface area contributed by atoms with E-state index in [0.29, 0.717) is 19.4 Å². The lowest BCUT2D eigenvalue weighted by Gasteiger charge is -2.37. The first-order chi connectivity index (χ1) is 8.73. The van der Waals surface area contributed by atoms with Crippen LogP contribution in [-0.2, 0) is 16.8 Å². The Kier molecular flexibility index (Phi) is 3.04. The zero-order chi connectivity index (χ0) is 12.6. The van der Waals surface area contributed by atoms with Crippen LogP contribution < -0.4 is 4.74 Å². The maximum absolute atomic E-state index is 10.9. The summed E-state index contributed by atoms with van der Waals surface area (Å²) in [4.78, 5) is 0. The van der Waals surface area contributed by atoms with Crippen molar-refractivity contribution in [2.75, 3.05) is 13.2 Å². The number of aliphatic hydroxyl groups is 1. The maximum Gasteiger partial charge on any atom is 0.128 e. The summed E-state index contributed by atoms with van der Waals surface area (Å²) < 4.78 is 11.4. The molecule has 0 spiro atoms. The number of hydrogen-bond acceptors (Lipinski definition) is 3. The summed E-state index contributed by atoms with van der Waals surface area (Å²) in [5.74, 6) is 0.914. The molecule has 0 bridgehead atoms. The monoisotopic (exact) mass is 248 g/mol. The van der Waals surface area contributed by atoms with Gasteiger partial charge in [-0.15, -0.1) is 0 Å². The first kappa shape index (κ1) is 12.0. The van der Waals surface area contributed by atoms with Crippen molar-refractivity contribution in [2.24, 2.45) is 0 Å². The second-order valence-corrected chi connectivity index (χ2v) is 5.28. The lowest BCUT2D eigenvalue weighted by molar-refractivity contribution is -0.109. The van der Waals surface area contributed by atoms with Crippen LogP contribution in [0.3, 0.4) is 0 Å². The van der Waals surface area contributed by atoms with Gasteiger partial charge < -0.3 is 14.6 Å². The van der Waals surface area contributed by atoms with Gasteiger partial charge in [0.2, 0.25) is 0 Å². The summed E-state index contributed by atoms with van der Waals surface area (Å²) >= 11 is 0. The van der Waals surface area contributed by atoms with Crippen molar-refractivity contribution in [3.05, 3.63) is 29.3 Å². The molecule has 1 N–H and O–H groups in total. The van der Waals surface area contributed by atoms with Crippen LogP contribution in [0.2, 0.25) is 0 Å². The van der Waals surface area contributed by atoms with E-state index in [1.54, 1.807) is 0 Å². The summed E-state index contributed by atoms with van der Waals surface area (Å²) in [5, 5.41) is 10.9. The van der Waals surface area contributed by atoms with Gasteiger partial charge in [0.25, 0.3) is 0 Å². The second-order valence-electron chi connectivity index (χ2n) is 5.28. The number of ether oxygens (including phenoxy) is 2. The Morgan fingerprint density at radius 1 is 1.39 bits per heavy atom. The topological polar surface area (TPSA) is 38.7 Å². The number of para-hydroxylation sites is 1. The summed E-state index contributed by atoms with van der Waals surface area (Å²) in [6.45, 7) is 3.46. The molecule has 3 heteroatoms. The summed E-state index contributed by atoms with van der Waals surface area (Å²) in [7, 11) is 0. The number of hydrogen-bond donors (Lipinski definition) is 1. The Hall–Kier alpha value is -1.06. The smallest absolute Gasteiger partial charge is 0.128 e. The van der Waals surface area contributed by atoms with Crippen molar-refractivity contribution in [3.8, 4) is 5.75 Å². The zero-order valence-corrected chi connectivity index (χ0v) is 10.8. The lowest BCUT2D eigenvalue weighted by atomic mass is 9.82. The van der Waals surface area contributed by atoms with Crippen LogP contribution in [-0.4, -0.2) is 24.4 Å². The van der Waals surface area contributed by atoms with E-state index in [0.717, 1.165) is 30.8 Å². The molecule has 2 aliphatic rings. The minimum absolute atomic E-state index is 0.154. The minimum Gasteiger partial charge on any atom is -0.493 e. The molecule has 1 saturated heterocycles. The van der Waals surface area contributed by atoms with Crippen molar-refractivity contribution in [1.82, 2.24) is 0 Å². The predicted octanol–water partition coefficient (Wildman–Crippen LogP) is 2.40. The molecule has 2 aliphatic heterocycles. The third-order valence-corrected chi connectivity index (χ3v) is 4.11. The van der Waals surface area contributed by atoms with Crippen LogP contribution >= 0.6 is 0 Å². The van der Waals surface area contributed by atoms with Crippen LogP contribution in [0.4, 0.5) is 0 Å². The Labute approximate surface area is 108 Å². The molecule has 18 heavy (non-hydrogen) atoms. The highest BCUT2D eigenvalue weighted by molar-refractivity contribution is 5.47.